The summed E-state index contributed by atoms with van der Waals surface area (Å²) < 4.78 is 5.53. The Morgan fingerprint density at radius 1 is 1.50 bits per heavy atom. The molecule has 4 heteroatoms. The van der Waals surface area contributed by atoms with Crippen molar-refractivity contribution in [1.29, 1.82) is 0 Å². The zero-order valence-electron chi connectivity index (χ0n) is 8.57. The summed E-state index contributed by atoms with van der Waals surface area (Å²) in [5, 5.41) is 0. The molecule has 0 aliphatic rings. The van der Waals surface area contributed by atoms with Gasteiger partial charge in [-0.3, -0.25) is 4.98 Å². The number of rotatable bonds is 3. The van der Waals surface area contributed by atoms with Crippen LogP contribution < -0.4 is 10.5 Å². The van der Waals surface area contributed by atoms with E-state index < -0.39 is 0 Å². The summed E-state index contributed by atoms with van der Waals surface area (Å²) in [4.78, 5) is 4.49. The highest BCUT2D eigenvalue weighted by Crippen LogP contribution is 2.15. The van der Waals surface area contributed by atoms with E-state index in [1.165, 1.54) is 0 Å². The van der Waals surface area contributed by atoms with Gasteiger partial charge in [-0.15, -0.1) is 0 Å². The predicted octanol–water partition coefficient (Wildman–Crippen LogP) is 1.81. The molecule has 0 aromatic carbocycles. The van der Waals surface area contributed by atoms with Gasteiger partial charge in [-0.05, 0) is 20.8 Å². The topological polar surface area (TPSA) is 48.1 Å². The van der Waals surface area contributed by atoms with E-state index in [9.17, 15) is 0 Å². The second-order valence-corrected chi connectivity index (χ2v) is 3.80. The van der Waals surface area contributed by atoms with Crippen molar-refractivity contribution in [2.45, 2.75) is 26.9 Å². The number of pyridine rings is 1. The number of hydrogen-bond acceptors (Lipinski definition) is 3. The van der Waals surface area contributed by atoms with Gasteiger partial charge in [-0.25, -0.2) is 0 Å². The molecule has 14 heavy (non-hydrogen) atoms. The number of thiocarbonyl (C=S) groups is 1. The van der Waals surface area contributed by atoms with Crippen LogP contribution in [0.3, 0.4) is 0 Å². The summed E-state index contributed by atoms with van der Waals surface area (Å²) in [6, 6.07) is 3.62. The van der Waals surface area contributed by atoms with Crippen molar-refractivity contribution in [3.05, 3.63) is 23.5 Å². The first-order chi connectivity index (χ1) is 6.49. The molecule has 1 heterocycles. The van der Waals surface area contributed by atoms with Crippen LogP contribution in [-0.4, -0.2) is 16.1 Å². The van der Waals surface area contributed by atoms with Gasteiger partial charge in [0.15, 0.2) is 0 Å². The fourth-order valence-corrected chi connectivity index (χ4v) is 1.21. The van der Waals surface area contributed by atoms with Crippen LogP contribution >= 0.6 is 12.2 Å². The molecule has 1 aromatic rings. The van der Waals surface area contributed by atoms with Crippen molar-refractivity contribution in [2.75, 3.05) is 0 Å². The maximum Gasteiger partial charge on any atom is 0.123 e. The smallest absolute Gasteiger partial charge is 0.123 e. The molecule has 0 fully saturated rings. The van der Waals surface area contributed by atoms with Gasteiger partial charge in [0, 0.05) is 17.8 Å². The molecule has 0 bridgehead atoms. The zero-order valence-corrected chi connectivity index (χ0v) is 9.39. The van der Waals surface area contributed by atoms with E-state index in [1.807, 2.05) is 26.8 Å². The monoisotopic (exact) mass is 210 g/mol. The third-order valence-corrected chi connectivity index (χ3v) is 1.76. The van der Waals surface area contributed by atoms with Crippen LogP contribution in [0.4, 0.5) is 0 Å². The van der Waals surface area contributed by atoms with Crippen molar-refractivity contribution >= 4 is 17.2 Å². The van der Waals surface area contributed by atoms with Crippen molar-refractivity contribution in [1.82, 2.24) is 4.98 Å². The van der Waals surface area contributed by atoms with Crippen molar-refractivity contribution in [2.24, 2.45) is 5.73 Å². The van der Waals surface area contributed by atoms with E-state index in [2.05, 4.69) is 4.98 Å². The van der Waals surface area contributed by atoms with Crippen LogP contribution in [0.15, 0.2) is 12.1 Å². The van der Waals surface area contributed by atoms with Gasteiger partial charge in [-0.1, -0.05) is 12.2 Å². The number of aryl methyl sites for hydroxylation is 1. The molecule has 0 radical (unpaired) electrons. The highest BCUT2D eigenvalue weighted by Gasteiger charge is 2.04. The molecule has 0 spiro atoms. The minimum Gasteiger partial charge on any atom is -0.491 e. The Balaban J connectivity index is 3.01. The molecule has 0 amide bonds. The SMILES string of the molecule is Cc1cc(OC(C)C)cc(C(N)=S)n1. The Bertz CT molecular complexity index is 350. The van der Waals surface area contributed by atoms with Gasteiger partial charge in [0.1, 0.15) is 16.4 Å². The second-order valence-electron chi connectivity index (χ2n) is 3.36. The third-order valence-electron chi connectivity index (χ3n) is 1.55. The summed E-state index contributed by atoms with van der Waals surface area (Å²) in [6.07, 6.45) is 0.135. The van der Waals surface area contributed by atoms with Crippen LogP contribution in [0.2, 0.25) is 0 Å². The van der Waals surface area contributed by atoms with Gasteiger partial charge >= 0.3 is 0 Å². The highest BCUT2D eigenvalue weighted by atomic mass is 32.1. The van der Waals surface area contributed by atoms with E-state index in [0.717, 1.165) is 11.4 Å². The van der Waals surface area contributed by atoms with Gasteiger partial charge in [0.25, 0.3) is 0 Å². The van der Waals surface area contributed by atoms with Crippen LogP contribution in [0.5, 0.6) is 5.75 Å². The molecule has 0 atom stereocenters. The Labute approximate surface area is 89.3 Å². The minimum absolute atomic E-state index is 0.135. The maximum absolute atomic E-state index is 5.53. The Hall–Kier alpha value is -1.16. The molecule has 0 saturated carbocycles. The Kier molecular flexibility index (Phi) is 3.41. The maximum atomic E-state index is 5.53. The summed E-state index contributed by atoms with van der Waals surface area (Å²) in [7, 11) is 0. The van der Waals surface area contributed by atoms with Gasteiger partial charge < -0.3 is 10.5 Å². The molecule has 0 unspecified atom stereocenters. The van der Waals surface area contributed by atoms with Crippen LogP contribution in [0, 0.1) is 6.92 Å². The van der Waals surface area contributed by atoms with Gasteiger partial charge in [-0.2, -0.15) is 0 Å². The molecule has 3 nitrogen and oxygen atoms in total. The average molecular weight is 210 g/mol. The lowest BCUT2D eigenvalue weighted by Gasteiger charge is -2.11. The summed E-state index contributed by atoms with van der Waals surface area (Å²) in [6.45, 7) is 5.82. The lowest BCUT2D eigenvalue weighted by molar-refractivity contribution is 0.242. The molecule has 0 aliphatic heterocycles. The first kappa shape index (κ1) is 10.9. The van der Waals surface area contributed by atoms with Crippen molar-refractivity contribution in [3.63, 3.8) is 0 Å². The summed E-state index contributed by atoms with van der Waals surface area (Å²) in [5.41, 5.74) is 6.96. The minimum atomic E-state index is 0.135. The predicted molar refractivity (Wildman–Crippen MR) is 60.6 cm³/mol. The number of nitrogens with two attached hydrogens (primary N) is 1. The van der Waals surface area contributed by atoms with E-state index in [-0.39, 0.29) is 6.10 Å². The van der Waals surface area contributed by atoms with Crippen molar-refractivity contribution < 1.29 is 4.74 Å². The number of ether oxygens (including phenoxy) is 1. The Morgan fingerprint density at radius 3 is 2.64 bits per heavy atom. The summed E-state index contributed by atoms with van der Waals surface area (Å²) >= 11 is 4.85. The van der Waals surface area contributed by atoms with E-state index in [1.54, 1.807) is 6.07 Å². The van der Waals surface area contributed by atoms with E-state index >= 15 is 0 Å². The number of aromatic nitrogens is 1. The van der Waals surface area contributed by atoms with Crippen LogP contribution in [-0.2, 0) is 0 Å². The fourth-order valence-electron chi connectivity index (χ4n) is 1.10. The molecule has 2 N–H and O–H groups in total. The first-order valence-electron chi connectivity index (χ1n) is 4.44. The average Bonchev–Trinajstić information content (AvgIpc) is 2.01. The molecule has 1 rings (SSSR count). The van der Waals surface area contributed by atoms with Crippen LogP contribution in [0.1, 0.15) is 25.2 Å². The fraction of sp³-hybridized carbons (Fsp3) is 0.400. The standard InChI is InChI=1S/C10H14N2OS/c1-6(2)13-8-4-7(3)12-9(5-8)10(11)14/h4-6H,1-3H3,(H2,11,14). The van der Waals surface area contributed by atoms with E-state index in [4.69, 9.17) is 22.7 Å². The first-order valence-corrected chi connectivity index (χ1v) is 4.85. The second kappa shape index (κ2) is 4.37. The molecule has 0 aliphatic carbocycles. The van der Waals surface area contributed by atoms with Gasteiger partial charge in [0.2, 0.25) is 0 Å². The summed E-state index contributed by atoms with van der Waals surface area (Å²) in [5.74, 6) is 0.760. The molecule has 76 valence electrons. The highest BCUT2D eigenvalue weighted by molar-refractivity contribution is 7.80. The molecular weight excluding hydrogens is 196 g/mol. The molecular formula is C10H14N2OS. The largest absolute Gasteiger partial charge is 0.491 e. The Morgan fingerprint density at radius 2 is 2.14 bits per heavy atom. The van der Waals surface area contributed by atoms with E-state index in [0.29, 0.717) is 10.7 Å². The number of nitrogens with zero attached hydrogens (tertiary/aromatic N) is 1. The quantitative estimate of drug-likeness (QED) is 0.773. The van der Waals surface area contributed by atoms with Gasteiger partial charge in [0.05, 0.1) is 6.10 Å². The number of hydrogen-bond donors (Lipinski definition) is 1. The third kappa shape index (κ3) is 2.96. The molecule has 0 saturated heterocycles. The lowest BCUT2D eigenvalue weighted by Crippen LogP contribution is -2.13. The normalized spacial score (nSPS) is 10.3. The van der Waals surface area contributed by atoms with Crippen molar-refractivity contribution in [3.8, 4) is 5.75 Å². The van der Waals surface area contributed by atoms with Crippen LogP contribution in [0.25, 0.3) is 0 Å². The molecule has 1 aromatic heterocycles. The zero-order chi connectivity index (χ0) is 10.7. The lowest BCUT2D eigenvalue weighted by atomic mass is 10.3.